The largest absolute Gasteiger partial charge is 0.122 e. The first-order valence-electron chi connectivity index (χ1n) is 5.92. The Bertz CT molecular complexity index is 313. The molecule has 0 aliphatic heterocycles. The lowest BCUT2D eigenvalue weighted by Gasteiger charge is -2.15. The van der Waals surface area contributed by atoms with Crippen LogP contribution in [0.15, 0.2) is 24.3 Å². The number of alkyl halides is 1. The molecule has 2 rings (SSSR count). The molecule has 0 amide bonds. The fraction of sp³-hybridized carbons (Fsp3) is 0.571. The Morgan fingerprint density at radius 2 is 1.80 bits per heavy atom. The van der Waals surface area contributed by atoms with E-state index in [1.165, 1.54) is 30.4 Å². The Morgan fingerprint density at radius 3 is 2.27 bits per heavy atom. The zero-order chi connectivity index (χ0) is 10.8. The number of hydrogen-bond donors (Lipinski definition) is 0. The first-order valence-corrected chi connectivity index (χ1v) is 6.36. The highest BCUT2D eigenvalue weighted by Gasteiger charge is 2.26. The van der Waals surface area contributed by atoms with E-state index in [0.717, 1.165) is 0 Å². The van der Waals surface area contributed by atoms with E-state index in [1.807, 2.05) is 0 Å². The SMILES string of the molecule is CC(C)c1ccc(C2CCCC2Cl)cc1. The molecular formula is C14H19Cl. The average molecular weight is 223 g/mol. The lowest BCUT2D eigenvalue weighted by molar-refractivity contribution is 0.728. The molecule has 0 bridgehead atoms. The molecule has 1 heteroatoms. The van der Waals surface area contributed by atoms with E-state index >= 15 is 0 Å². The van der Waals surface area contributed by atoms with Gasteiger partial charge >= 0.3 is 0 Å². The van der Waals surface area contributed by atoms with Crippen LogP contribution < -0.4 is 0 Å². The van der Waals surface area contributed by atoms with Crippen LogP contribution in [0.1, 0.15) is 56.1 Å². The Kier molecular flexibility index (Phi) is 3.35. The molecule has 1 saturated carbocycles. The highest BCUT2D eigenvalue weighted by molar-refractivity contribution is 6.21. The molecule has 2 atom stereocenters. The van der Waals surface area contributed by atoms with E-state index in [0.29, 0.717) is 17.2 Å². The van der Waals surface area contributed by atoms with E-state index in [4.69, 9.17) is 11.6 Å². The summed E-state index contributed by atoms with van der Waals surface area (Å²) in [6, 6.07) is 9.03. The number of benzene rings is 1. The normalized spacial score (nSPS) is 26.1. The Balaban J connectivity index is 2.16. The molecule has 1 aromatic carbocycles. The second-order valence-corrected chi connectivity index (χ2v) is 5.44. The molecule has 0 saturated heterocycles. The van der Waals surface area contributed by atoms with Crippen molar-refractivity contribution in [3.8, 4) is 0 Å². The van der Waals surface area contributed by atoms with Gasteiger partial charge in [-0.1, -0.05) is 44.5 Å². The lowest BCUT2D eigenvalue weighted by atomic mass is 9.94. The molecule has 1 aliphatic carbocycles. The molecule has 0 spiro atoms. The molecule has 0 radical (unpaired) electrons. The van der Waals surface area contributed by atoms with Crippen LogP contribution in [0.5, 0.6) is 0 Å². The minimum absolute atomic E-state index is 0.356. The maximum atomic E-state index is 6.32. The van der Waals surface area contributed by atoms with Crippen molar-refractivity contribution in [3.05, 3.63) is 35.4 Å². The van der Waals surface area contributed by atoms with Crippen LogP contribution in [0.3, 0.4) is 0 Å². The Labute approximate surface area is 97.6 Å². The van der Waals surface area contributed by atoms with Crippen molar-refractivity contribution < 1.29 is 0 Å². The van der Waals surface area contributed by atoms with Crippen molar-refractivity contribution in [2.45, 2.75) is 50.3 Å². The van der Waals surface area contributed by atoms with E-state index < -0.39 is 0 Å². The smallest absolute Gasteiger partial charge is 0.0404 e. The van der Waals surface area contributed by atoms with Crippen LogP contribution in [0.2, 0.25) is 0 Å². The maximum Gasteiger partial charge on any atom is 0.0404 e. The van der Waals surface area contributed by atoms with Gasteiger partial charge in [0.25, 0.3) is 0 Å². The first-order chi connectivity index (χ1) is 7.18. The second kappa shape index (κ2) is 4.57. The molecular weight excluding hydrogens is 204 g/mol. The fourth-order valence-electron chi connectivity index (χ4n) is 2.42. The molecule has 2 unspecified atom stereocenters. The average Bonchev–Trinajstić information content (AvgIpc) is 2.65. The predicted octanol–water partition coefficient (Wildman–Crippen LogP) is 4.68. The van der Waals surface area contributed by atoms with Crippen molar-refractivity contribution in [2.75, 3.05) is 0 Å². The summed E-state index contributed by atoms with van der Waals surface area (Å²) in [4.78, 5) is 0. The molecule has 15 heavy (non-hydrogen) atoms. The van der Waals surface area contributed by atoms with E-state index in [9.17, 15) is 0 Å². The summed E-state index contributed by atoms with van der Waals surface area (Å²) in [5, 5.41) is 0.356. The monoisotopic (exact) mass is 222 g/mol. The third kappa shape index (κ3) is 2.36. The van der Waals surface area contributed by atoms with Crippen molar-refractivity contribution in [3.63, 3.8) is 0 Å². The van der Waals surface area contributed by atoms with Gasteiger partial charge in [0, 0.05) is 11.3 Å². The van der Waals surface area contributed by atoms with Crippen LogP contribution in [0.4, 0.5) is 0 Å². The predicted molar refractivity (Wildman–Crippen MR) is 66.8 cm³/mol. The molecule has 1 aromatic rings. The van der Waals surface area contributed by atoms with Crippen molar-refractivity contribution >= 4 is 11.6 Å². The third-order valence-electron chi connectivity index (χ3n) is 3.46. The summed E-state index contributed by atoms with van der Waals surface area (Å²) < 4.78 is 0. The fourth-order valence-corrected chi connectivity index (χ4v) is 2.84. The molecule has 0 aromatic heterocycles. The van der Waals surface area contributed by atoms with Gasteiger partial charge in [-0.15, -0.1) is 11.6 Å². The lowest BCUT2D eigenvalue weighted by Crippen LogP contribution is -2.04. The summed E-state index contributed by atoms with van der Waals surface area (Å²) in [6.45, 7) is 4.46. The van der Waals surface area contributed by atoms with Gasteiger partial charge in [-0.05, 0) is 29.9 Å². The van der Waals surface area contributed by atoms with Gasteiger partial charge in [0.2, 0.25) is 0 Å². The van der Waals surface area contributed by atoms with Crippen molar-refractivity contribution in [1.82, 2.24) is 0 Å². The molecule has 82 valence electrons. The van der Waals surface area contributed by atoms with Gasteiger partial charge in [0.05, 0.1) is 0 Å². The Morgan fingerprint density at radius 1 is 1.13 bits per heavy atom. The Hall–Kier alpha value is -0.490. The minimum Gasteiger partial charge on any atom is -0.122 e. The second-order valence-electron chi connectivity index (χ2n) is 4.87. The van der Waals surface area contributed by atoms with Gasteiger partial charge in [0.1, 0.15) is 0 Å². The minimum atomic E-state index is 0.356. The summed E-state index contributed by atoms with van der Waals surface area (Å²) in [5.41, 5.74) is 2.85. The van der Waals surface area contributed by atoms with Crippen molar-refractivity contribution in [1.29, 1.82) is 0 Å². The standard InChI is InChI=1S/C14H19Cl/c1-10(2)11-6-8-12(9-7-11)13-4-3-5-14(13)15/h6-10,13-14H,3-5H2,1-2H3. The van der Waals surface area contributed by atoms with Crippen LogP contribution in [-0.4, -0.2) is 5.38 Å². The molecule has 1 aliphatic rings. The molecule has 0 nitrogen and oxygen atoms in total. The highest BCUT2D eigenvalue weighted by atomic mass is 35.5. The van der Waals surface area contributed by atoms with Crippen LogP contribution in [-0.2, 0) is 0 Å². The van der Waals surface area contributed by atoms with Crippen LogP contribution in [0, 0.1) is 0 Å². The molecule has 0 N–H and O–H groups in total. The highest BCUT2D eigenvalue weighted by Crippen LogP contribution is 2.38. The molecule has 0 heterocycles. The van der Waals surface area contributed by atoms with Gasteiger partial charge in [-0.2, -0.15) is 0 Å². The zero-order valence-electron chi connectivity index (χ0n) is 9.54. The summed E-state index contributed by atoms with van der Waals surface area (Å²) in [5.74, 6) is 1.21. The number of hydrogen-bond acceptors (Lipinski definition) is 0. The topological polar surface area (TPSA) is 0 Å². The quantitative estimate of drug-likeness (QED) is 0.638. The summed E-state index contributed by atoms with van der Waals surface area (Å²) in [6.07, 6.45) is 3.72. The number of halogens is 1. The van der Waals surface area contributed by atoms with Gasteiger partial charge in [0.15, 0.2) is 0 Å². The third-order valence-corrected chi connectivity index (χ3v) is 3.99. The number of rotatable bonds is 2. The molecule has 1 fully saturated rings. The van der Waals surface area contributed by atoms with E-state index in [1.54, 1.807) is 0 Å². The van der Waals surface area contributed by atoms with Gasteiger partial charge < -0.3 is 0 Å². The van der Waals surface area contributed by atoms with Crippen LogP contribution >= 0.6 is 11.6 Å². The van der Waals surface area contributed by atoms with Gasteiger partial charge in [-0.25, -0.2) is 0 Å². The van der Waals surface area contributed by atoms with Crippen molar-refractivity contribution in [2.24, 2.45) is 0 Å². The summed E-state index contributed by atoms with van der Waals surface area (Å²) in [7, 11) is 0. The zero-order valence-corrected chi connectivity index (χ0v) is 10.3. The van der Waals surface area contributed by atoms with E-state index in [2.05, 4.69) is 38.1 Å². The van der Waals surface area contributed by atoms with E-state index in [-0.39, 0.29) is 0 Å². The summed E-state index contributed by atoms with van der Waals surface area (Å²) >= 11 is 6.32. The first kappa shape index (κ1) is 11.0. The van der Waals surface area contributed by atoms with Gasteiger partial charge in [-0.3, -0.25) is 0 Å². The maximum absolute atomic E-state index is 6.32. The van der Waals surface area contributed by atoms with Crippen LogP contribution in [0.25, 0.3) is 0 Å².